The molecule has 0 saturated carbocycles. The molecule has 0 saturated heterocycles. The number of para-hydroxylation sites is 1. The van der Waals surface area contributed by atoms with E-state index in [1.54, 1.807) is 19.2 Å². The molecule has 2 N–H and O–H groups in total. The van der Waals surface area contributed by atoms with E-state index < -0.39 is 0 Å². The van der Waals surface area contributed by atoms with E-state index in [9.17, 15) is 9.90 Å². The van der Waals surface area contributed by atoms with Crippen LogP contribution in [0.2, 0.25) is 0 Å². The Bertz CT molecular complexity index is 805. The Balaban J connectivity index is 2.57. The predicted molar refractivity (Wildman–Crippen MR) is 71.8 cm³/mol. The zero-order valence-electron chi connectivity index (χ0n) is 10.5. The average molecular weight is 256 g/mol. The van der Waals surface area contributed by atoms with Gasteiger partial charge in [-0.25, -0.2) is 4.98 Å². The van der Waals surface area contributed by atoms with Gasteiger partial charge < -0.3 is 14.8 Å². The third-order valence-corrected chi connectivity index (χ3v) is 3.16. The van der Waals surface area contributed by atoms with Crippen molar-refractivity contribution in [2.45, 2.75) is 6.92 Å². The lowest BCUT2D eigenvalue weighted by Gasteiger charge is -2.04. The second kappa shape index (κ2) is 3.98. The normalized spacial score (nSPS) is 11.1. The molecule has 3 aromatic rings. The number of Topliss-reactive ketones (excluding diaryl/α,β-unsaturated/α-hetero) is 1. The molecule has 0 atom stereocenters. The van der Waals surface area contributed by atoms with E-state index in [-0.39, 0.29) is 11.5 Å². The van der Waals surface area contributed by atoms with Gasteiger partial charge in [-0.05, 0) is 6.07 Å². The Morgan fingerprint density at radius 2 is 2.16 bits per heavy atom. The molecule has 0 aliphatic rings. The maximum Gasteiger partial charge on any atom is 0.180 e. The number of phenolic OH excluding ortho intramolecular Hbond substituents is 1. The minimum atomic E-state index is -0.140. The van der Waals surface area contributed by atoms with Crippen LogP contribution in [0.15, 0.2) is 24.4 Å². The van der Waals surface area contributed by atoms with Crippen LogP contribution in [-0.2, 0) is 0 Å². The van der Waals surface area contributed by atoms with Crippen molar-refractivity contribution in [2.75, 3.05) is 7.11 Å². The number of rotatable bonds is 2. The number of ketones is 1. The number of hydrogen-bond acceptors (Lipinski definition) is 4. The van der Waals surface area contributed by atoms with Crippen molar-refractivity contribution in [3.8, 4) is 11.5 Å². The summed E-state index contributed by atoms with van der Waals surface area (Å²) < 4.78 is 5.29. The van der Waals surface area contributed by atoms with Crippen LogP contribution in [0, 0.1) is 0 Å². The van der Waals surface area contributed by atoms with Crippen LogP contribution in [0.1, 0.15) is 17.4 Å². The Hall–Kier alpha value is -2.56. The zero-order chi connectivity index (χ0) is 13.6. The number of carbonyl (C=O) groups is 1. The number of fused-ring (bicyclic) bond motifs is 3. The SMILES string of the molecule is COc1cnc(C(C)=O)c2[nH]c3c(O)cccc3c12. The lowest BCUT2D eigenvalue weighted by Crippen LogP contribution is -1.99. The first kappa shape index (κ1) is 11.5. The number of nitrogens with one attached hydrogen (secondary N) is 1. The molecular weight excluding hydrogens is 244 g/mol. The highest BCUT2D eigenvalue weighted by atomic mass is 16.5. The molecule has 5 nitrogen and oxygen atoms in total. The summed E-state index contributed by atoms with van der Waals surface area (Å²) in [5.74, 6) is 0.556. The topological polar surface area (TPSA) is 75.2 Å². The van der Waals surface area contributed by atoms with E-state index in [1.165, 1.54) is 13.1 Å². The van der Waals surface area contributed by atoms with Crippen molar-refractivity contribution in [1.29, 1.82) is 0 Å². The lowest BCUT2D eigenvalue weighted by molar-refractivity contribution is 0.101. The van der Waals surface area contributed by atoms with Gasteiger partial charge in [0, 0.05) is 12.3 Å². The zero-order valence-corrected chi connectivity index (χ0v) is 10.5. The quantitative estimate of drug-likeness (QED) is 0.691. The van der Waals surface area contributed by atoms with E-state index in [4.69, 9.17) is 4.74 Å². The third-order valence-electron chi connectivity index (χ3n) is 3.16. The maximum atomic E-state index is 11.6. The van der Waals surface area contributed by atoms with Gasteiger partial charge in [-0.2, -0.15) is 0 Å². The summed E-state index contributed by atoms with van der Waals surface area (Å²) >= 11 is 0. The monoisotopic (exact) mass is 256 g/mol. The summed E-state index contributed by atoms with van der Waals surface area (Å²) in [5.41, 5.74) is 1.50. The van der Waals surface area contributed by atoms with Crippen LogP contribution in [0.3, 0.4) is 0 Å². The van der Waals surface area contributed by atoms with Gasteiger partial charge in [0.1, 0.15) is 17.2 Å². The second-order valence-corrected chi connectivity index (χ2v) is 4.31. The molecule has 0 bridgehead atoms. The van der Waals surface area contributed by atoms with Crippen LogP contribution >= 0.6 is 0 Å². The van der Waals surface area contributed by atoms with E-state index in [0.717, 1.165) is 10.8 Å². The number of ether oxygens (including phenoxy) is 1. The third kappa shape index (κ3) is 1.55. The van der Waals surface area contributed by atoms with Crippen molar-refractivity contribution < 1.29 is 14.6 Å². The molecule has 0 unspecified atom stereocenters. The number of aromatic hydroxyl groups is 1. The fraction of sp³-hybridized carbons (Fsp3) is 0.143. The number of benzene rings is 1. The first-order valence-electron chi connectivity index (χ1n) is 5.80. The van der Waals surface area contributed by atoms with Gasteiger partial charge in [0.15, 0.2) is 5.78 Å². The fourth-order valence-electron chi connectivity index (χ4n) is 2.31. The van der Waals surface area contributed by atoms with E-state index in [0.29, 0.717) is 22.5 Å². The predicted octanol–water partition coefficient (Wildman–Crippen LogP) is 2.63. The molecule has 0 spiro atoms. The van der Waals surface area contributed by atoms with E-state index in [2.05, 4.69) is 9.97 Å². The largest absolute Gasteiger partial charge is 0.506 e. The number of aromatic amines is 1. The highest BCUT2D eigenvalue weighted by Crippen LogP contribution is 2.37. The van der Waals surface area contributed by atoms with E-state index in [1.807, 2.05) is 6.07 Å². The van der Waals surface area contributed by atoms with Gasteiger partial charge >= 0.3 is 0 Å². The van der Waals surface area contributed by atoms with Crippen molar-refractivity contribution >= 4 is 27.6 Å². The Morgan fingerprint density at radius 3 is 2.84 bits per heavy atom. The number of H-pyrrole nitrogens is 1. The van der Waals surface area contributed by atoms with Crippen LogP contribution in [0.4, 0.5) is 0 Å². The second-order valence-electron chi connectivity index (χ2n) is 4.31. The average Bonchev–Trinajstić information content (AvgIpc) is 2.78. The van der Waals surface area contributed by atoms with Crippen LogP contribution in [0.25, 0.3) is 21.8 Å². The molecule has 2 aromatic heterocycles. The number of carbonyl (C=O) groups excluding carboxylic acids is 1. The number of phenols is 1. The summed E-state index contributed by atoms with van der Waals surface area (Å²) in [6.45, 7) is 1.46. The highest BCUT2D eigenvalue weighted by Gasteiger charge is 2.17. The minimum absolute atomic E-state index is 0.130. The summed E-state index contributed by atoms with van der Waals surface area (Å²) in [6.07, 6.45) is 1.52. The van der Waals surface area contributed by atoms with Crippen molar-refractivity contribution in [1.82, 2.24) is 9.97 Å². The standard InChI is InChI=1S/C14H12N2O3/c1-7(17)12-14-11(10(19-2)6-15-12)8-4-3-5-9(18)13(8)16-14/h3-6,16,18H,1-2H3. The van der Waals surface area contributed by atoms with Crippen LogP contribution < -0.4 is 4.74 Å². The Kier molecular flexibility index (Phi) is 2.41. The van der Waals surface area contributed by atoms with Gasteiger partial charge in [-0.1, -0.05) is 12.1 Å². The molecule has 2 heterocycles. The van der Waals surface area contributed by atoms with Crippen LogP contribution in [-0.4, -0.2) is 28.0 Å². The molecule has 0 fully saturated rings. The van der Waals surface area contributed by atoms with Gasteiger partial charge in [0.2, 0.25) is 0 Å². The molecule has 19 heavy (non-hydrogen) atoms. The number of aromatic nitrogens is 2. The van der Waals surface area contributed by atoms with Gasteiger partial charge in [-0.3, -0.25) is 4.79 Å². The summed E-state index contributed by atoms with van der Waals surface area (Å²) in [7, 11) is 1.55. The van der Waals surface area contributed by atoms with Gasteiger partial charge in [0.05, 0.1) is 29.7 Å². The van der Waals surface area contributed by atoms with Crippen LogP contribution in [0.5, 0.6) is 11.5 Å². The molecule has 96 valence electrons. The van der Waals surface area contributed by atoms with Crippen molar-refractivity contribution in [3.05, 3.63) is 30.1 Å². The molecule has 0 amide bonds. The Labute approximate surface area is 108 Å². The number of hydrogen-bond donors (Lipinski definition) is 2. The molecule has 5 heteroatoms. The van der Waals surface area contributed by atoms with Crippen molar-refractivity contribution in [2.24, 2.45) is 0 Å². The Morgan fingerprint density at radius 1 is 1.37 bits per heavy atom. The summed E-state index contributed by atoms with van der Waals surface area (Å²) in [4.78, 5) is 18.8. The number of methoxy groups -OCH3 is 1. The molecule has 0 aliphatic heterocycles. The van der Waals surface area contributed by atoms with Crippen molar-refractivity contribution in [3.63, 3.8) is 0 Å². The fourth-order valence-corrected chi connectivity index (χ4v) is 2.31. The molecule has 0 radical (unpaired) electrons. The summed E-state index contributed by atoms with van der Waals surface area (Å²) in [5, 5.41) is 11.4. The van der Waals surface area contributed by atoms with Gasteiger partial charge in [0.25, 0.3) is 0 Å². The molecule has 3 rings (SSSR count). The molecular formula is C14H12N2O3. The maximum absolute atomic E-state index is 11.6. The summed E-state index contributed by atoms with van der Waals surface area (Å²) in [6, 6.07) is 5.20. The first-order chi connectivity index (χ1) is 9.13. The highest BCUT2D eigenvalue weighted by molar-refractivity contribution is 6.17. The molecule has 1 aromatic carbocycles. The smallest absolute Gasteiger partial charge is 0.180 e. The lowest BCUT2D eigenvalue weighted by atomic mass is 10.1. The first-order valence-corrected chi connectivity index (χ1v) is 5.80. The number of nitrogens with zero attached hydrogens (tertiary/aromatic N) is 1. The minimum Gasteiger partial charge on any atom is -0.506 e. The molecule has 0 aliphatic carbocycles. The van der Waals surface area contributed by atoms with E-state index >= 15 is 0 Å². The van der Waals surface area contributed by atoms with Gasteiger partial charge in [-0.15, -0.1) is 0 Å². The number of pyridine rings is 1.